The van der Waals surface area contributed by atoms with E-state index >= 15 is 0 Å². The SMILES string of the molecule is CCCCCC(=O)N(N)CCC. The van der Waals surface area contributed by atoms with Crippen LogP contribution in [0.3, 0.4) is 0 Å². The monoisotopic (exact) mass is 172 g/mol. The van der Waals surface area contributed by atoms with Crippen molar-refractivity contribution in [3.63, 3.8) is 0 Å². The largest absolute Gasteiger partial charge is 0.281 e. The minimum absolute atomic E-state index is 0.0744. The highest BCUT2D eigenvalue weighted by molar-refractivity contribution is 5.75. The van der Waals surface area contributed by atoms with Gasteiger partial charge in [-0.15, -0.1) is 0 Å². The third-order valence-corrected chi connectivity index (χ3v) is 1.78. The van der Waals surface area contributed by atoms with Crippen LogP contribution in [0, 0.1) is 0 Å². The van der Waals surface area contributed by atoms with Crippen molar-refractivity contribution in [3.05, 3.63) is 0 Å². The van der Waals surface area contributed by atoms with Crippen molar-refractivity contribution in [1.29, 1.82) is 0 Å². The lowest BCUT2D eigenvalue weighted by Crippen LogP contribution is -2.37. The van der Waals surface area contributed by atoms with E-state index in [0.717, 1.165) is 25.7 Å². The number of hydrazine groups is 1. The normalized spacial score (nSPS) is 9.92. The summed E-state index contributed by atoms with van der Waals surface area (Å²) in [7, 11) is 0. The standard InChI is InChI=1S/C9H20N2O/c1-3-5-6-7-9(12)11(10)8-4-2/h3-8,10H2,1-2H3. The first-order chi connectivity index (χ1) is 5.72. The lowest BCUT2D eigenvalue weighted by atomic mass is 10.2. The molecule has 1 amide bonds. The first-order valence-electron chi connectivity index (χ1n) is 4.77. The van der Waals surface area contributed by atoms with Gasteiger partial charge in [0.1, 0.15) is 0 Å². The van der Waals surface area contributed by atoms with Crippen LogP contribution in [-0.2, 0) is 4.79 Å². The van der Waals surface area contributed by atoms with Crippen molar-refractivity contribution in [1.82, 2.24) is 5.01 Å². The van der Waals surface area contributed by atoms with E-state index in [2.05, 4.69) is 6.92 Å². The summed E-state index contributed by atoms with van der Waals surface area (Å²) >= 11 is 0. The van der Waals surface area contributed by atoms with Crippen molar-refractivity contribution in [2.24, 2.45) is 5.84 Å². The molecule has 0 atom stereocenters. The van der Waals surface area contributed by atoms with Crippen molar-refractivity contribution >= 4 is 5.91 Å². The molecule has 3 nitrogen and oxygen atoms in total. The molecule has 0 heterocycles. The predicted octanol–water partition coefficient (Wildman–Crippen LogP) is 1.68. The minimum Gasteiger partial charge on any atom is -0.281 e. The second-order valence-electron chi connectivity index (χ2n) is 3.04. The van der Waals surface area contributed by atoms with Crippen LogP contribution in [0.4, 0.5) is 0 Å². The van der Waals surface area contributed by atoms with E-state index in [1.54, 1.807) is 0 Å². The van der Waals surface area contributed by atoms with Crippen LogP contribution in [0.2, 0.25) is 0 Å². The van der Waals surface area contributed by atoms with E-state index in [1.165, 1.54) is 5.01 Å². The molecule has 0 rings (SSSR count). The molecule has 0 aliphatic heterocycles. The molecule has 0 aliphatic rings. The maximum Gasteiger partial charge on any atom is 0.236 e. The van der Waals surface area contributed by atoms with Crippen molar-refractivity contribution in [3.8, 4) is 0 Å². The van der Waals surface area contributed by atoms with E-state index in [1.807, 2.05) is 6.92 Å². The Morgan fingerprint density at radius 3 is 2.42 bits per heavy atom. The fraction of sp³-hybridized carbons (Fsp3) is 0.889. The molecule has 0 saturated heterocycles. The van der Waals surface area contributed by atoms with Crippen LogP contribution in [-0.4, -0.2) is 17.5 Å². The van der Waals surface area contributed by atoms with Gasteiger partial charge in [0.15, 0.2) is 0 Å². The molecular weight excluding hydrogens is 152 g/mol. The van der Waals surface area contributed by atoms with Gasteiger partial charge in [-0.3, -0.25) is 9.80 Å². The number of carbonyl (C=O) groups excluding carboxylic acids is 1. The molecular formula is C9H20N2O. The van der Waals surface area contributed by atoms with Crippen molar-refractivity contribution in [2.45, 2.75) is 46.0 Å². The molecule has 72 valence electrons. The zero-order chi connectivity index (χ0) is 9.40. The van der Waals surface area contributed by atoms with Gasteiger partial charge < -0.3 is 0 Å². The van der Waals surface area contributed by atoms with Gasteiger partial charge in [-0.25, -0.2) is 5.84 Å². The second-order valence-corrected chi connectivity index (χ2v) is 3.04. The topological polar surface area (TPSA) is 46.3 Å². The summed E-state index contributed by atoms with van der Waals surface area (Å²) in [6, 6.07) is 0. The average molecular weight is 172 g/mol. The van der Waals surface area contributed by atoms with Crippen LogP contribution in [0.25, 0.3) is 0 Å². The van der Waals surface area contributed by atoms with Gasteiger partial charge in [0.05, 0.1) is 0 Å². The molecule has 0 radical (unpaired) electrons. The summed E-state index contributed by atoms with van der Waals surface area (Å²) in [6.45, 7) is 4.81. The Morgan fingerprint density at radius 2 is 1.92 bits per heavy atom. The van der Waals surface area contributed by atoms with Gasteiger partial charge in [-0.05, 0) is 12.8 Å². The average Bonchev–Trinajstić information content (AvgIpc) is 2.05. The number of nitrogens with two attached hydrogens (primary N) is 1. The Bertz CT molecular complexity index is 126. The van der Waals surface area contributed by atoms with Crippen molar-refractivity contribution in [2.75, 3.05) is 6.54 Å². The number of hydrogen-bond donors (Lipinski definition) is 1. The summed E-state index contributed by atoms with van der Waals surface area (Å²) in [5.74, 6) is 5.57. The molecule has 0 saturated carbocycles. The van der Waals surface area contributed by atoms with E-state index in [0.29, 0.717) is 13.0 Å². The molecule has 0 spiro atoms. The fourth-order valence-electron chi connectivity index (χ4n) is 1.04. The third kappa shape index (κ3) is 5.13. The third-order valence-electron chi connectivity index (χ3n) is 1.78. The van der Waals surface area contributed by atoms with Crippen molar-refractivity contribution < 1.29 is 4.79 Å². The van der Waals surface area contributed by atoms with Gasteiger partial charge in [-0.1, -0.05) is 26.7 Å². The van der Waals surface area contributed by atoms with Crippen LogP contribution in [0.1, 0.15) is 46.0 Å². The quantitative estimate of drug-likeness (QED) is 0.287. The first-order valence-corrected chi connectivity index (χ1v) is 4.77. The number of unbranched alkanes of at least 4 members (excludes halogenated alkanes) is 2. The summed E-state index contributed by atoms with van der Waals surface area (Å²) in [6.07, 6.45) is 4.75. The first kappa shape index (κ1) is 11.4. The van der Waals surface area contributed by atoms with Crippen LogP contribution < -0.4 is 5.84 Å². The number of amides is 1. The number of hydrogen-bond acceptors (Lipinski definition) is 2. The highest BCUT2D eigenvalue weighted by atomic mass is 16.2. The van der Waals surface area contributed by atoms with Gasteiger partial charge in [0.25, 0.3) is 0 Å². The lowest BCUT2D eigenvalue weighted by Gasteiger charge is -2.14. The predicted molar refractivity (Wildman–Crippen MR) is 50.3 cm³/mol. The van der Waals surface area contributed by atoms with Gasteiger partial charge in [0.2, 0.25) is 5.91 Å². The summed E-state index contributed by atoms with van der Waals surface area (Å²) in [4.78, 5) is 11.2. The van der Waals surface area contributed by atoms with Crippen LogP contribution in [0.5, 0.6) is 0 Å². The molecule has 0 bridgehead atoms. The van der Waals surface area contributed by atoms with E-state index in [9.17, 15) is 4.79 Å². The maximum absolute atomic E-state index is 11.2. The highest BCUT2D eigenvalue weighted by Crippen LogP contribution is 2.00. The Morgan fingerprint density at radius 1 is 1.25 bits per heavy atom. The van der Waals surface area contributed by atoms with Gasteiger partial charge in [-0.2, -0.15) is 0 Å². The van der Waals surface area contributed by atoms with Crippen LogP contribution >= 0.6 is 0 Å². The van der Waals surface area contributed by atoms with E-state index < -0.39 is 0 Å². The number of nitrogens with zero attached hydrogens (tertiary/aromatic N) is 1. The van der Waals surface area contributed by atoms with Gasteiger partial charge in [0, 0.05) is 13.0 Å². The molecule has 2 N–H and O–H groups in total. The molecule has 12 heavy (non-hydrogen) atoms. The Labute approximate surface area is 74.9 Å². The van der Waals surface area contributed by atoms with E-state index in [4.69, 9.17) is 5.84 Å². The molecule has 0 aliphatic carbocycles. The molecule has 0 aromatic heterocycles. The Hall–Kier alpha value is -0.570. The summed E-state index contributed by atoms with van der Waals surface area (Å²) in [5, 5.41) is 1.33. The van der Waals surface area contributed by atoms with Gasteiger partial charge >= 0.3 is 0 Å². The Balaban J connectivity index is 3.43. The molecule has 0 unspecified atom stereocenters. The minimum atomic E-state index is 0.0744. The number of carbonyl (C=O) groups is 1. The Kier molecular flexibility index (Phi) is 6.76. The zero-order valence-electron chi connectivity index (χ0n) is 8.18. The zero-order valence-corrected chi connectivity index (χ0v) is 8.18. The summed E-state index contributed by atoms with van der Waals surface area (Å²) in [5.41, 5.74) is 0. The highest BCUT2D eigenvalue weighted by Gasteiger charge is 2.06. The fourth-order valence-corrected chi connectivity index (χ4v) is 1.04. The van der Waals surface area contributed by atoms with Crippen LogP contribution in [0.15, 0.2) is 0 Å². The molecule has 0 aromatic carbocycles. The smallest absolute Gasteiger partial charge is 0.236 e. The summed E-state index contributed by atoms with van der Waals surface area (Å²) < 4.78 is 0. The molecule has 0 fully saturated rings. The maximum atomic E-state index is 11.2. The second kappa shape index (κ2) is 7.10. The molecule has 0 aromatic rings. The lowest BCUT2D eigenvalue weighted by molar-refractivity contribution is -0.131. The van der Waals surface area contributed by atoms with E-state index in [-0.39, 0.29) is 5.91 Å². The number of rotatable bonds is 6. The molecule has 3 heteroatoms.